The van der Waals surface area contributed by atoms with Crippen molar-refractivity contribution < 1.29 is 18.9 Å². The van der Waals surface area contributed by atoms with E-state index in [2.05, 4.69) is 9.97 Å². The molecule has 2 rings (SSSR count). The molecule has 2 N–H and O–H groups in total. The Hall–Kier alpha value is -2.70. The Bertz CT molecular complexity index is 582. The van der Waals surface area contributed by atoms with E-state index >= 15 is 0 Å². The maximum Gasteiger partial charge on any atom is 0.228 e. The van der Waals surface area contributed by atoms with Crippen LogP contribution in [0.25, 0.3) is 0 Å². The van der Waals surface area contributed by atoms with Crippen molar-refractivity contribution in [2.75, 3.05) is 27.1 Å². The van der Waals surface area contributed by atoms with Gasteiger partial charge in [0.15, 0.2) is 11.5 Å². The van der Waals surface area contributed by atoms with E-state index in [1.54, 1.807) is 18.2 Å². The Morgan fingerprint density at radius 1 is 0.900 bits per heavy atom. The second-order valence-electron chi connectivity index (χ2n) is 3.70. The smallest absolute Gasteiger partial charge is 0.228 e. The first kappa shape index (κ1) is 13.7. The van der Waals surface area contributed by atoms with Crippen molar-refractivity contribution >= 4 is 5.95 Å². The third-order valence-electron chi connectivity index (χ3n) is 2.49. The average molecular weight is 277 g/mol. The standard InChI is InChI=1S/C13H15N3O4/c1-17-8-5-4-6-9(18-2)12(8)20-11-7-10(19-3)15-13(14)16-11/h4-7H,1-3H3,(H2,14,15,16). The number of methoxy groups -OCH3 is 3. The topological polar surface area (TPSA) is 88.7 Å². The highest BCUT2D eigenvalue weighted by atomic mass is 16.5. The minimum absolute atomic E-state index is 0.0493. The zero-order chi connectivity index (χ0) is 14.5. The van der Waals surface area contributed by atoms with Gasteiger partial charge in [-0.1, -0.05) is 6.07 Å². The van der Waals surface area contributed by atoms with E-state index in [1.807, 2.05) is 0 Å². The predicted molar refractivity (Wildman–Crippen MR) is 72.6 cm³/mol. The number of hydrogen-bond donors (Lipinski definition) is 1. The summed E-state index contributed by atoms with van der Waals surface area (Å²) in [5.74, 6) is 2.02. The van der Waals surface area contributed by atoms with Crippen LogP contribution in [0.1, 0.15) is 0 Å². The molecular weight excluding hydrogens is 262 g/mol. The highest BCUT2D eigenvalue weighted by Gasteiger charge is 2.14. The van der Waals surface area contributed by atoms with Crippen LogP contribution >= 0.6 is 0 Å². The summed E-state index contributed by atoms with van der Waals surface area (Å²) in [6.07, 6.45) is 0. The average Bonchev–Trinajstić information content (AvgIpc) is 2.46. The van der Waals surface area contributed by atoms with E-state index in [9.17, 15) is 0 Å². The number of rotatable bonds is 5. The van der Waals surface area contributed by atoms with Gasteiger partial charge in [-0.25, -0.2) is 0 Å². The minimum atomic E-state index is 0.0493. The van der Waals surface area contributed by atoms with Gasteiger partial charge in [0.05, 0.1) is 27.4 Å². The molecule has 0 saturated carbocycles. The van der Waals surface area contributed by atoms with Gasteiger partial charge < -0.3 is 24.7 Å². The lowest BCUT2D eigenvalue weighted by molar-refractivity contribution is 0.339. The van der Waals surface area contributed by atoms with E-state index in [0.717, 1.165) is 0 Å². The van der Waals surface area contributed by atoms with E-state index in [4.69, 9.17) is 24.7 Å². The molecule has 0 radical (unpaired) electrons. The third-order valence-corrected chi connectivity index (χ3v) is 2.49. The predicted octanol–water partition coefficient (Wildman–Crippen LogP) is 1.88. The molecule has 0 amide bonds. The summed E-state index contributed by atoms with van der Waals surface area (Å²) < 4.78 is 21.2. The van der Waals surface area contributed by atoms with Crippen LogP contribution in [0.4, 0.5) is 5.95 Å². The van der Waals surface area contributed by atoms with Crippen LogP contribution in [0.15, 0.2) is 24.3 Å². The quantitative estimate of drug-likeness (QED) is 0.892. The number of para-hydroxylation sites is 1. The van der Waals surface area contributed by atoms with Gasteiger partial charge in [-0.3, -0.25) is 0 Å². The molecule has 0 bridgehead atoms. The molecule has 7 nitrogen and oxygen atoms in total. The molecule has 20 heavy (non-hydrogen) atoms. The number of hydrogen-bond acceptors (Lipinski definition) is 7. The van der Waals surface area contributed by atoms with Crippen molar-refractivity contribution in [3.63, 3.8) is 0 Å². The molecule has 7 heteroatoms. The van der Waals surface area contributed by atoms with Crippen molar-refractivity contribution in [2.24, 2.45) is 0 Å². The van der Waals surface area contributed by atoms with Gasteiger partial charge in [0.2, 0.25) is 23.5 Å². The number of aromatic nitrogens is 2. The van der Waals surface area contributed by atoms with Crippen LogP contribution in [0.3, 0.4) is 0 Å². The van der Waals surface area contributed by atoms with Crippen molar-refractivity contribution in [2.45, 2.75) is 0 Å². The lowest BCUT2D eigenvalue weighted by Gasteiger charge is -2.13. The Labute approximate surface area is 116 Å². The normalized spacial score (nSPS) is 9.95. The number of nitrogen functional groups attached to an aromatic ring is 1. The lowest BCUT2D eigenvalue weighted by atomic mass is 10.3. The monoisotopic (exact) mass is 277 g/mol. The third kappa shape index (κ3) is 2.82. The first-order valence-electron chi connectivity index (χ1n) is 5.75. The van der Waals surface area contributed by atoms with Crippen LogP contribution in [-0.2, 0) is 0 Å². The van der Waals surface area contributed by atoms with Crippen molar-refractivity contribution in [3.8, 4) is 29.0 Å². The Morgan fingerprint density at radius 2 is 1.50 bits per heavy atom. The molecule has 0 spiro atoms. The zero-order valence-corrected chi connectivity index (χ0v) is 11.4. The highest BCUT2D eigenvalue weighted by Crippen LogP contribution is 2.39. The number of nitrogens with two attached hydrogens (primary N) is 1. The number of benzene rings is 1. The summed E-state index contributed by atoms with van der Waals surface area (Å²) in [4.78, 5) is 7.86. The molecule has 2 aromatic rings. The van der Waals surface area contributed by atoms with E-state index in [-0.39, 0.29) is 11.8 Å². The van der Waals surface area contributed by atoms with Gasteiger partial charge in [-0.05, 0) is 12.1 Å². The Morgan fingerprint density at radius 3 is 2.05 bits per heavy atom. The zero-order valence-electron chi connectivity index (χ0n) is 11.4. The molecular formula is C13H15N3O4. The summed E-state index contributed by atoms with van der Waals surface area (Å²) in [5.41, 5.74) is 5.59. The molecule has 1 aromatic heterocycles. The molecule has 1 aromatic carbocycles. The van der Waals surface area contributed by atoms with Gasteiger partial charge in [-0.15, -0.1) is 0 Å². The van der Waals surface area contributed by atoms with E-state index < -0.39 is 0 Å². The molecule has 0 saturated heterocycles. The van der Waals surface area contributed by atoms with Gasteiger partial charge in [0, 0.05) is 0 Å². The molecule has 1 heterocycles. The summed E-state index contributed by atoms with van der Waals surface area (Å²) in [6.45, 7) is 0. The fourth-order valence-corrected chi connectivity index (χ4v) is 1.60. The maximum absolute atomic E-state index is 5.68. The van der Waals surface area contributed by atoms with Crippen LogP contribution < -0.4 is 24.7 Å². The number of nitrogens with zero attached hydrogens (tertiary/aromatic N) is 2. The van der Waals surface area contributed by atoms with Crippen LogP contribution in [-0.4, -0.2) is 31.3 Å². The molecule has 0 aliphatic carbocycles. The SMILES string of the molecule is COc1cc(Oc2c(OC)cccc2OC)nc(N)n1. The second-order valence-corrected chi connectivity index (χ2v) is 3.70. The van der Waals surface area contributed by atoms with Gasteiger partial charge in [-0.2, -0.15) is 9.97 Å². The Kier molecular flexibility index (Phi) is 4.09. The van der Waals surface area contributed by atoms with Crippen LogP contribution in [0.2, 0.25) is 0 Å². The summed E-state index contributed by atoms with van der Waals surface area (Å²) in [5, 5.41) is 0. The second kappa shape index (κ2) is 5.96. The largest absolute Gasteiger partial charge is 0.493 e. The molecule has 0 fully saturated rings. The fourth-order valence-electron chi connectivity index (χ4n) is 1.60. The van der Waals surface area contributed by atoms with E-state index in [0.29, 0.717) is 23.1 Å². The summed E-state index contributed by atoms with van der Waals surface area (Å²) in [6, 6.07) is 6.81. The van der Waals surface area contributed by atoms with Crippen LogP contribution in [0, 0.1) is 0 Å². The van der Waals surface area contributed by atoms with Gasteiger partial charge in [0.25, 0.3) is 0 Å². The molecule has 0 unspecified atom stereocenters. The van der Waals surface area contributed by atoms with Crippen LogP contribution in [0.5, 0.6) is 29.0 Å². The number of ether oxygens (including phenoxy) is 4. The fraction of sp³-hybridized carbons (Fsp3) is 0.231. The first-order chi connectivity index (χ1) is 9.67. The molecule has 0 aliphatic rings. The summed E-state index contributed by atoms with van der Waals surface area (Å²) >= 11 is 0. The lowest BCUT2D eigenvalue weighted by Crippen LogP contribution is -2.01. The van der Waals surface area contributed by atoms with Gasteiger partial charge >= 0.3 is 0 Å². The highest BCUT2D eigenvalue weighted by molar-refractivity contribution is 5.52. The molecule has 0 aliphatic heterocycles. The van der Waals surface area contributed by atoms with Crippen molar-refractivity contribution in [1.82, 2.24) is 9.97 Å². The van der Waals surface area contributed by atoms with Crippen molar-refractivity contribution in [1.29, 1.82) is 0 Å². The summed E-state index contributed by atoms with van der Waals surface area (Å²) in [7, 11) is 4.56. The minimum Gasteiger partial charge on any atom is -0.493 e. The maximum atomic E-state index is 5.68. The Balaban J connectivity index is 2.41. The number of anilines is 1. The molecule has 106 valence electrons. The van der Waals surface area contributed by atoms with Gasteiger partial charge in [0.1, 0.15) is 0 Å². The first-order valence-corrected chi connectivity index (χ1v) is 5.75. The van der Waals surface area contributed by atoms with E-state index in [1.165, 1.54) is 27.4 Å². The molecule has 0 atom stereocenters. The van der Waals surface area contributed by atoms with Crippen molar-refractivity contribution in [3.05, 3.63) is 24.3 Å².